The Bertz CT molecular complexity index is 846. The summed E-state index contributed by atoms with van der Waals surface area (Å²) in [5.41, 5.74) is 6.53. The summed E-state index contributed by atoms with van der Waals surface area (Å²) in [5.74, 6) is -2.09. The molecule has 0 aromatic heterocycles. The minimum atomic E-state index is -0.931. The van der Waals surface area contributed by atoms with Crippen LogP contribution >= 0.6 is 12.2 Å². The summed E-state index contributed by atoms with van der Waals surface area (Å²) in [6.45, 7) is 5.40. The van der Waals surface area contributed by atoms with Crippen molar-refractivity contribution in [1.29, 1.82) is 0 Å². The maximum atomic E-state index is 12.9. The van der Waals surface area contributed by atoms with Crippen LogP contribution in [0.5, 0.6) is 0 Å². The summed E-state index contributed by atoms with van der Waals surface area (Å²) in [5, 5.41) is 10.8. The molecule has 0 radical (unpaired) electrons. The van der Waals surface area contributed by atoms with Gasteiger partial charge in [-0.25, -0.2) is 4.79 Å². The van der Waals surface area contributed by atoms with E-state index in [1.165, 1.54) is 21.0 Å². The Morgan fingerprint density at radius 2 is 1.58 bits per heavy atom. The van der Waals surface area contributed by atoms with E-state index in [0.29, 0.717) is 35.6 Å². The number of thiocarbonyl (C=S) groups is 1. The van der Waals surface area contributed by atoms with Crippen molar-refractivity contribution in [2.24, 2.45) is 0 Å². The molecule has 0 fully saturated rings. The van der Waals surface area contributed by atoms with E-state index >= 15 is 0 Å². The SMILES string of the molecule is COC(=O)[C@H](C)NC(=O)[C@H](C)NC(=O)[C@H](CCCCNC(C)=S)NC(=O)c1ccc(N)cc1. The molecule has 1 rings (SSSR count). The van der Waals surface area contributed by atoms with Crippen LogP contribution in [0, 0.1) is 0 Å². The lowest BCUT2D eigenvalue weighted by molar-refractivity contribution is -0.144. The number of hydrogen-bond donors (Lipinski definition) is 5. The van der Waals surface area contributed by atoms with Gasteiger partial charge < -0.3 is 31.7 Å². The maximum absolute atomic E-state index is 12.9. The molecule has 33 heavy (non-hydrogen) atoms. The summed E-state index contributed by atoms with van der Waals surface area (Å²) in [6.07, 6.45) is 1.73. The molecular formula is C22H33N5O5S. The molecule has 0 saturated heterocycles. The molecule has 0 spiro atoms. The zero-order valence-electron chi connectivity index (χ0n) is 19.4. The Morgan fingerprint density at radius 1 is 0.970 bits per heavy atom. The van der Waals surface area contributed by atoms with Gasteiger partial charge in [-0.05, 0) is 64.3 Å². The van der Waals surface area contributed by atoms with Crippen molar-refractivity contribution in [3.8, 4) is 0 Å². The zero-order chi connectivity index (χ0) is 25.0. The van der Waals surface area contributed by atoms with E-state index in [1.54, 1.807) is 31.2 Å². The van der Waals surface area contributed by atoms with Gasteiger partial charge in [0.15, 0.2) is 0 Å². The van der Waals surface area contributed by atoms with E-state index < -0.39 is 41.8 Å². The number of carbonyl (C=O) groups excluding carboxylic acids is 4. The number of methoxy groups -OCH3 is 1. The fourth-order valence-corrected chi connectivity index (χ4v) is 2.94. The second-order valence-corrected chi connectivity index (χ2v) is 8.22. The van der Waals surface area contributed by atoms with Gasteiger partial charge in [0.25, 0.3) is 5.91 Å². The topological polar surface area (TPSA) is 152 Å². The number of nitrogen functional groups attached to an aromatic ring is 1. The molecule has 10 nitrogen and oxygen atoms in total. The number of ether oxygens (including phenoxy) is 1. The largest absolute Gasteiger partial charge is 0.467 e. The summed E-state index contributed by atoms with van der Waals surface area (Å²) < 4.78 is 4.57. The number of rotatable bonds is 12. The summed E-state index contributed by atoms with van der Waals surface area (Å²) in [4.78, 5) is 50.0. The fourth-order valence-electron chi connectivity index (χ4n) is 2.84. The molecule has 0 heterocycles. The Balaban J connectivity index is 2.78. The lowest BCUT2D eigenvalue weighted by Crippen LogP contribution is -2.54. The van der Waals surface area contributed by atoms with Crippen molar-refractivity contribution < 1.29 is 23.9 Å². The number of amides is 3. The zero-order valence-corrected chi connectivity index (χ0v) is 20.2. The summed E-state index contributed by atoms with van der Waals surface area (Å²) in [7, 11) is 1.22. The number of unbranched alkanes of at least 4 members (excludes halogenated alkanes) is 1. The van der Waals surface area contributed by atoms with E-state index in [-0.39, 0.29) is 0 Å². The van der Waals surface area contributed by atoms with Crippen molar-refractivity contribution in [2.45, 2.75) is 58.2 Å². The third kappa shape index (κ3) is 10.3. The lowest BCUT2D eigenvalue weighted by atomic mass is 10.1. The van der Waals surface area contributed by atoms with Crippen LogP contribution in [0.4, 0.5) is 5.69 Å². The second-order valence-electron chi connectivity index (χ2n) is 7.61. The first-order chi connectivity index (χ1) is 15.5. The molecule has 6 N–H and O–H groups in total. The predicted molar refractivity (Wildman–Crippen MR) is 129 cm³/mol. The standard InChI is InChI=1S/C22H33N5O5S/c1-13(19(28)26-14(2)22(31)32-4)25-21(30)18(7-5-6-12-24-15(3)33)27-20(29)16-8-10-17(23)11-9-16/h8-11,13-14,18H,5-7,12,23H2,1-4H3,(H,24,33)(H,25,30)(H,26,28)(H,27,29)/t13-,14-,18-/m0/s1. The molecule has 3 atom stereocenters. The van der Waals surface area contributed by atoms with Crippen LogP contribution < -0.4 is 27.0 Å². The Hall–Kier alpha value is -3.21. The molecule has 1 aromatic carbocycles. The molecule has 0 saturated carbocycles. The third-order valence-electron chi connectivity index (χ3n) is 4.75. The summed E-state index contributed by atoms with van der Waals surface area (Å²) in [6, 6.07) is 3.67. The van der Waals surface area contributed by atoms with E-state index in [1.807, 2.05) is 0 Å². The van der Waals surface area contributed by atoms with Crippen molar-refractivity contribution in [3.05, 3.63) is 29.8 Å². The number of nitrogens with two attached hydrogens (primary N) is 1. The van der Waals surface area contributed by atoms with Gasteiger partial charge in [0.2, 0.25) is 11.8 Å². The average Bonchev–Trinajstić information content (AvgIpc) is 2.77. The van der Waals surface area contributed by atoms with Gasteiger partial charge in [-0.3, -0.25) is 14.4 Å². The number of benzene rings is 1. The molecule has 182 valence electrons. The number of nitrogens with one attached hydrogen (secondary N) is 4. The number of anilines is 1. The Labute approximate surface area is 199 Å². The lowest BCUT2D eigenvalue weighted by Gasteiger charge is -2.22. The summed E-state index contributed by atoms with van der Waals surface area (Å²) >= 11 is 4.98. The third-order valence-corrected chi connectivity index (χ3v) is 4.90. The van der Waals surface area contributed by atoms with Gasteiger partial charge in [-0.1, -0.05) is 12.2 Å². The minimum absolute atomic E-state index is 0.359. The van der Waals surface area contributed by atoms with Crippen LogP contribution in [0.25, 0.3) is 0 Å². The molecule has 0 aliphatic heterocycles. The smallest absolute Gasteiger partial charge is 0.328 e. The Kier molecular flexibility index (Phi) is 11.8. The quantitative estimate of drug-likeness (QED) is 0.127. The van der Waals surface area contributed by atoms with E-state index in [2.05, 4.69) is 26.0 Å². The van der Waals surface area contributed by atoms with E-state index in [0.717, 1.165) is 6.42 Å². The number of esters is 1. The van der Waals surface area contributed by atoms with Crippen molar-refractivity contribution >= 4 is 46.6 Å². The van der Waals surface area contributed by atoms with Gasteiger partial charge in [-0.2, -0.15) is 0 Å². The van der Waals surface area contributed by atoms with Crippen LogP contribution in [-0.2, 0) is 19.1 Å². The maximum Gasteiger partial charge on any atom is 0.328 e. The fraction of sp³-hybridized carbons (Fsp3) is 0.500. The van der Waals surface area contributed by atoms with Gasteiger partial charge in [-0.15, -0.1) is 0 Å². The first-order valence-corrected chi connectivity index (χ1v) is 11.0. The predicted octanol–water partition coefficient (Wildman–Crippen LogP) is 0.657. The molecule has 0 bridgehead atoms. The molecule has 1 aromatic rings. The van der Waals surface area contributed by atoms with Gasteiger partial charge >= 0.3 is 5.97 Å². The number of carbonyl (C=O) groups is 4. The van der Waals surface area contributed by atoms with Crippen LogP contribution in [-0.4, -0.2) is 60.5 Å². The highest BCUT2D eigenvalue weighted by atomic mass is 32.1. The van der Waals surface area contributed by atoms with Crippen molar-refractivity contribution in [3.63, 3.8) is 0 Å². The molecule has 0 unspecified atom stereocenters. The normalized spacial score (nSPS) is 13.1. The average molecular weight is 480 g/mol. The van der Waals surface area contributed by atoms with Crippen molar-refractivity contribution in [2.75, 3.05) is 19.4 Å². The van der Waals surface area contributed by atoms with Crippen LogP contribution in [0.1, 0.15) is 50.4 Å². The monoisotopic (exact) mass is 479 g/mol. The molecule has 0 aliphatic rings. The molecule has 3 amide bonds. The van der Waals surface area contributed by atoms with Crippen LogP contribution in [0.3, 0.4) is 0 Å². The van der Waals surface area contributed by atoms with Gasteiger partial charge in [0, 0.05) is 17.8 Å². The van der Waals surface area contributed by atoms with Crippen LogP contribution in [0.15, 0.2) is 24.3 Å². The van der Waals surface area contributed by atoms with E-state index in [9.17, 15) is 19.2 Å². The molecular weight excluding hydrogens is 446 g/mol. The van der Waals surface area contributed by atoms with Crippen LogP contribution in [0.2, 0.25) is 0 Å². The first kappa shape index (κ1) is 27.8. The number of hydrogen-bond acceptors (Lipinski definition) is 7. The second kappa shape index (κ2) is 14.0. The highest BCUT2D eigenvalue weighted by Crippen LogP contribution is 2.08. The first-order valence-electron chi connectivity index (χ1n) is 10.6. The van der Waals surface area contributed by atoms with Gasteiger partial charge in [0.05, 0.1) is 12.1 Å². The Morgan fingerprint density at radius 3 is 2.15 bits per heavy atom. The molecule has 11 heteroatoms. The van der Waals surface area contributed by atoms with Crippen molar-refractivity contribution in [1.82, 2.24) is 21.3 Å². The van der Waals surface area contributed by atoms with Gasteiger partial charge in [0.1, 0.15) is 18.1 Å². The highest BCUT2D eigenvalue weighted by molar-refractivity contribution is 7.80. The van der Waals surface area contributed by atoms with E-state index in [4.69, 9.17) is 18.0 Å². The molecule has 0 aliphatic carbocycles. The highest BCUT2D eigenvalue weighted by Gasteiger charge is 2.26. The minimum Gasteiger partial charge on any atom is -0.467 e.